The molecule has 0 amide bonds. The zero-order chi connectivity index (χ0) is 15.3. The Morgan fingerprint density at radius 1 is 1.45 bits per heavy atom. The predicted octanol–water partition coefficient (Wildman–Crippen LogP) is 3.40. The van der Waals surface area contributed by atoms with Crippen LogP contribution < -0.4 is 10.6 Å². The number of rotatable bonds is 7. The lowest BCUT2D eigenvalue weighted by Crippen LogP contribution is -2.39. The van der Waals surface area contributed by atoms with Crippen molar-refractivity contribution in [2.24, 2.45) is 11.1 Å². The maximum absolute atomic E-state index is 10.8. The molecule has 5 nitrogen and oxygen atoms in total. The minimum Gasteiger partial charge on any atom is -0.370 e. The Hall–Kier alpha value is -0.890. The minimum absolute atomic E-state index is 0.0139. The number of hydrogen-bond acceptors (Lipinski definition) is 4. The van der Waals surface area contributed by atoms with E-state index in [1.165, 1.54) is 0 Å². The smallest absolute Gasteiger partial charge is 0.270 e. The second-order valence-electron chi connectivity index (χ2n) is 5.68. The number of non-ortho nitro benzene ring substituents is 1. The highest BCUT2D eigenvalue weighted by Gasteiger charge is 2.22. The van der Waals surface area contributed by atoms with Crippen molar-refractivity contribution in [3.8, 4) is 0 Å². The summed E-state index contributed by atoms with van der Waals surface area (Å²) in [5.74, 6) is 0. The van der Waals surface area contributed by atoms with Gasteiger partial charge in [-0.15, -0.1) is 0 Å². The van der Waals surface area contributed by atoms with Gasteiger partial charge in [0.05, 0.1) is 10.6 Å². The fourth-order valence-corrected chi connectivity index (χ4v) is 2.84. The molecule has 0 spiro atoms. The lowest BCUT2D eigenvalue weighted by atomic mass is 9.92. The van der Waals surface area contributed by atoms with Crippen LogP contribution in [-0.2, 0) is 0 Å². The van der Waals surface area contributed by atoms with E-state index in [9.17, 15) is 10.1 Å². The topological polar surface area (TPSA) is 72.4 Å². The maximum atomic E-state index is 10.8. The fourth-order valence-electron chi connectivity index (χ4n) is 2.00. The molecule has 0 radical (unpaired) electrons. The van der Waals surface area contributed by atoms with Crippen LogP contribution in [0.2, 0.25) is 0 Å². The van der Waals surface area contributed by atoms with Crippen molar-refractivity contribution >= 4 is 34.0 Å². The summed E-state index contributed by atoms with van der Waals surface area (Å²) in [4.78, 5) is 12.7. The number of anilines is 1. The molecule has 0 bridgehead atoms. The molecule has 0 aliphatic heterocycles. The fraction of sp³-hybridized carbons (Fsp3) is 0.571. The average molecular weight is 391 g/mol. The summed E-state index contributed by atoms with van der Waals surface area (Å²) in [5, 5.41) is 10.8. The number of halogens is 1. The van der Waals surface area contributed by atoms with Crippen molar-refractivity contribution in [3.63, 3.8) is 0 Å². The largest absolute Gasteiger partial charge is 0.370 e. The molecule has 0 saturated carbocycles. The SMILES string of the molecule is CCCN(CC(C)(C)CN)c1ccc([N+](=O)[O-])cc1I. The number of hydrogen-bond donors (Lipinski definition) is 1. The molecule has 6 heteroatoms. The van der Waals surface area contributed by atoms with E-state index < -0.39 is 0 Å². The van der Waals surface area contributed by atoms with Gasteiger partial charge in [-0.2, -0.15) is 0 Å². The molecule has 0 atom stereocenters. The van der Waals surface area contributed by atoms with Crippen molar-refractivity contribution in [1.29, 1.82) is 0 Å². The van der Waals surface area contributed by atoms with Gasteiger partial charge in [0.25, 0.3) is 5.69 Å². The highest BCUT2D eigenvalue weighted by Crippen LogP contribution is 2.29. The van der Waals surface area contributed by atoms with E-state index in [2.05, 4.69) is 48.3 Å². The number of nitro groups is 1. The van der Waals surface area contributed by atoms with Gasteiger partial charge >= 0.3 is 0 Å². The molecule has 1 aromatic rings. The second kappa shape index (κ2) is 7.21. The Labute approximate surface area is 133 Å². The van der Waals surface area contributed by atoms with Crippen LogP contribution in [0.4, 0.5) is 11.4 Å². The van der Waals surface area contributed by atoms with Crippen molar-refractivity contribution in [1.82, 2.24) is 0 Å². The third-order valence-electron chi connectivity index (χ3n) is 3.15. The van der Waals surface area contributed by atoms with E-state index in [0.717, 1.165) is 28.8 Å². The van der Waals surface area contributed by atoms with Gasteiger partial charge in [-0.3, -0.25) is 10.1 Å². The van der Waals surface area contributed by atoms with E-state index in [0.29, 0.717) is 6.54 Å². The second-order valence-corrected chi connectivity index (χ2v) is 6.84. The van der Waals surface area contributed by atoms with E-state index in [1.54, 1.807) is 12.1 Å². The Balaban J connectivity index is 3.06. The van der Waals surface area contributed by atoms with Crippen molar-refractivity contribution in [3.05, 3.63) is 31.9 Å². The van der Waals surface area contributed by atoms with Crippen LogP contribution in [0.25, 0.3) is 0 Å². The Kier molecular flexibility index (Phi) is 6.19. The number of nitrogens with two attached hydrogens (primary N) is 1. The zero-order valence-corrected chi connectivity index (χ0v) is 14.4. The molecular formula is C14H22IN3O2. The molecule has 1 rings (SSSR count). The van der Waals surface area contributed by atoms with E-state index in [1.807, 2.05) is 6.07 Å². The van der Waals surface area contributed by atoms with Crippen LogP contribution in [0.5, 0.6) is 0 Å². The standard InChI is InChI=1S/C14H22IN3O2/c1-4-7-17(10-14(2,3)9-16)13-6-5-11(18(19)20)8-12(13)15/h5-6,8H,4,7,9-10,16H2,1-3H3. The van der Waals surface area contributed by atoms with E-state index in [4.69, 9.17) is 5.73 Å². The van der Waals surface area contributed by atoms with Crippen LogP contribution in [0.15, 0.2) is 18.2 Å². The summed E-state index contributed by atoms with van der Waals surface area (Å²) in [6, 6.07) is 5.02. The van der Waals surface area contributed by atoms with Crippen LogP contribution >= 0.6 is 22.6 Å². The van der Waals surface area contributed by atoms with Gasteiger partial charge in [0.1, 0.15) is 0 Å². The number of benzene rings is 1. The Morgan fingerprint density at radius 3 is 2.55 bits per heavy atom. The molecule has 20 heavy (non-hydrogen) atoms. The average Bonchev–Trinajstić information content (AvgIpc) is 2.38. The molecule has 0 aliphatic rings. The number of nitrogens with zero attached hydrogens (tertiary/aromatic N) is 2. The first-order valence-corrected chi connectivity index (χ1v) is 7.77. The summed E-state index contributed by atoms with van der Waals surface area (Å²) in [6.45, 7) is 8.75. The monoisotopic (exact) mass is 391 g/mol. The van der Waals surface area contributed by atoms with Gasteiger partial charge < -0.3 is 10.6 Å². The first-order valence-electron chi connectivity index (χ1n) is 6.69. The van der Waals surface area contributed by atoms with Gasteiger partial charge in [0.15, 0.2) is 0 Å². The molecule has 1 aromatic carbocycles. The first-order chi connectivity index (χ1) is 9.30. The summed E-state index contributed by atoms with van der Waals surface area (Å²) < 4.78 is 0.901. The Morgan fingerprint density at radius 2 is 2.10 bits per heavy atom. The highest BCUT2D eigenvalue weighted by atomic mass is 127. The zero-order valence-electron chi connectivity index (χ0n) is 12.2. The highest BCUT2D eigenvalue weighted by molar-refractivity contribution is 14.1. The summed E-state index contributed by atoms with van der Waals surface area (Å²) >= 11 is 2.16. The third kappa shape index (κ3) is 4.59. The van der Waals surface area contributed by atoms with Gasteiger partial charge in [-0.25, -0.2) is 0 Å². The van der Waals surface area contributed by atoms with E-state index in [-0.39, 0.29) is 16.0 Å². The lowest BCUT2D eigenvalue weighted by molar-refractivity contribution is -0.384. The molecule has 0 heterocycles. The third-order valence-corrected chi connectivity index (χ3v) is 4.01. The quantitative estimate of drug-likeness (QED) is 0.439. The molecule has 0 aliphatic carbocycles. The first kappa shape index (κ1) is 17.2. The van der Waals surface area contributed by atoms with Gasteiger partial charge in [-0.05, 0) is 47.0 Å². The normalized spacial score (nSPS) is 11.4. The van der Waals surface area contributed by atoms with Crippen LogP contribution in [0.1, 0.15) is 27.2 Å². The minimum atomic E-state index is -0.361. The summed E-state index contributed by atoms with van der Waals surface area (Å²) in [5.41, 5.74) is 7.00. The van der Waals surface area contributed by atoms with Gasteiger partial charge in [0.2, 0.25) is 0 Å². The molecule has 0 aromatic heterocycles. The van der Waals surface area contributed by atoms with Gasteiger partial charge in [0, 0.05) is 28.8 Å². The summed E-state index contributed by atoms with van der Waals surface area (Å²) in [6.07, 6.45) is 1.02. The molecule has 112 valence electrons. The van der Waals surface area contributed by atoms with Crippen molar-refractivity contribution in [2.75, 3.05) is 24.5 Å². The van der Waals surface area contributed by atoms with Crippen LogP contribution in [0.3, 0.4) is 0 Å². The molecule has 0 saturated heterocycles. The molecular weight excluding hydrogens is 369 g/mol. The van der Waals surface area contributed by atoms with Crippen LogP contribution in [0, 0.1) is 19.1 Å². The maximum Gasteiger partial charge on any atom is 0.270 e. The Bertz CT molecular complexity index is 477. The molecule has 2 N–H and O–H groups in total. The van der Waals surface area contributed by atoms with Crippen molar-refractivity contribution < 1.29 is 4.92 Å². The molecule has 0 unspecified atom stereocenters. The van der Waals surface area contributed by atoms with Crippen LogP contribution in [-0.4, -0.2) is 24.6 Å². The lowest BCUT2D eigenvalue weighted by Gasteiger charge is -2.33. The van der Waals surface area contributed by atoms with Gasteiger partial charge in [-0.1, -0.05) is 20.8 Å². The van der Waals surface area contributed by atoms with E-state index >= 15 is 0 Å². The molecule has 0 fully saturated rings. The van der Waals surface area contributed by atoms with Crippen molar-refractivity contribution in [2.45, 2.75) is 27.2 Å². The summed E-state index contributed by atoms with van der Waals surface area (Å²) in [7, 11) is 0. The predicted molar refractivity (Wildman–Crippen MR) is 91.2 cm³/mol. The number of nitro benzene ring substituents is 1.